The zero-order chi connectivity index (χ0) is 29.6. The quantitative estimate of drug-likeness (QED) is 0.208. The normalized spacial score (nSPS) is 11.4. The van der Waals surface area contributed by atoms with Crippen molar-refractivity contribution in [3.63, 3.8) is 0 Å². The lowest BCUT2D eigenvalue weighted by molar-refractivity contribution is 0.983. The molecule has 0 aliphatic heterocycles. The molecule has 6 aromatic carbocycles. The number of aromatic nitrogens is 3. The maximum atomic E-state index is 13.8. The van der Waals surface area contributed by atoms with Gasteiger partial charge >= 0.3 is 0 Å². The van der Waals surface area contributed by atoms with Gasteiger partial charge in [-0.15, -0.1) is 0 Å². The molecule has 0 saturated carbocycles. The highest BCUT2D eigenvalue weighted by molar-refractivity contribution is 5.93. The van der Waals surface area contributed by atoms with E-state index < -0.39 is 0 Å². The van der Waals surface area contributed by atoms with Crippen molar-refractivity contribution >= 4 is 39.1 Å². The summed E-state index contributed by atoms with van der Waals surface area (Å²) in [6.07, 6.45) is 0. The number of imidazole rings is 1. The summed E-state index contributed by atoms with van der Waals surface area (Å²) in [4.78, 5) is 21.0. The van der Waals surface area contributed by atoms with Crippen molar-refractivity contribution in [2.75, 3.05) is 11.9 Å². The van der Waals surface area contributed by atoms with Gasteiger partial charge < -0.3 is 4.90 Å². The fraction of sp³-hybridized carbons (Fsp3) is 0.0256. The molecular weight excluding hydrogens is 540 g/mol. The van der Waals surface area contributed by atoms with Crippen LogP contribution in [0.2, 0.25) is 0 Å². The predicted molar refractivity (Wildman–Crippen MR) is 181 cm³/mol. The molecule has 0 fully saturated rings. The highest BCUT2D eigenvalue weighted by Gasteiger charge is 2.18. The molecule has 210 valence electrons. The Morgan fingerprint density at radius 3 is 2.00 bits per heavy atom. The summed E-state index contributed by atoms with van der Waals surface area (Å²) < 4.78 is 3.82. The number of hydrogen-bond acceptors (Lipinski definition) is 3. The van der Waals surface area contributed by atoms with E-state index >= 15 is 0 Å². The van der Waals surface area contributed by atoms with Crippen LogP contribution in [-0.2, 0) is 0 Å². The van der Waals surface area contributed by atoms with Crippen LogP contribution in [0.4, 0.5) is 11.4 Å². The lowest BCUT2D eigenvalue weighted by Gasteiger charge is -2.24. The van der Waals surface area contributed by atoms with Gasteiger partial charge in [0.05, 0.1) is 27.6 Å². The van der Waals surface area contributed by atoms with Crippen LogP contribution < -0.4 is 10.5 Å². The Morgan fingerprint density at radius 1 is 0.591 bits per heavy atom. The van der Waals surface area contributed by atoms with Gasteiger partial charge in [0.1, 0.15) is 0 Å². The van der Waals surface area contributed by atoms with E-state index in [0.717, 1.165) is 55.9 Å². The van der Waals surface area contributed by atoms with Crippen molar-refractivity contribution in [1.29, 1.82) is 0 Å². The van der Waals surface area contributed by atoms with E-state index in [0.29, 0.717) is 11.2 Å². The van der Waals surface area contributed by atoms with Gasteiger partial charge in [-0.25, -0.2) is 9.55 Å². The second-order valence-electron chi connectivity index (χ2n) is 10.9. The first-order valence-electron chi connectivity index (χ1n) is 14.7. The van der Waals surface area contributed by atoms with Crippen LogP contribution in [0.5, 0.6) is 0 Å². The van der Waals surface area contributed by atoms with E-state index in [1.807, 2.05) is 66.7 Å². The van der Waals surface area contributed by atoms with Gasteiger partial charge in [-0.05, 0) is 77.4 Å². The van der Waals surface area contributed by atoms with Gasteiger partial charge in [-0.3, -0.25) is 9.20 Å². The van der Waals surface area contributed by atoms with Crippen LogP contribution in [-0.4, -0.2) is 21.0 Å². The Morgan fingerprint density at radius 2 is 1.23 bits per heavy atom. The number of fused-ring (bicyclic) bond motifs is 5. The van der Waals surface area contributed by atoms with E-state index in [9.17, 15) is 4.79 Å². The lowest BCUT2D eigenvalue weighted by atomic mass is 9.96. The van der Waals surface area contributed by atoms with Gasteiger partial charge in [0.15, 0.2) is 0 Å². The third-order valence-corrected chi connectivity index (χ3v) is 8.35. The summed E-state index contributed by atoms with van der Waals surface area (Å²) in [6.45, 7) is 0. The molecule has 8 aromatic rings. The molecule has 0 aliphatic carbocycles. The first-order valence-corrected chi connectivity index (χ1v) is 14.7. The molecule has 5 heteroatoms. The maximum Gasteiger partial charge on any atom is 0.267 e. The summed E-state index contributed by atoms with van der Waals surface area (Å²) in [7, 11) is 2.11. The average Bonchev–Trinajstić information content (AvgIpc) is 3.47. The van der Waals surface area contributed by atoms with E-state index in [1.165, 1.54) is 0 Å². The lowest BCUT2D eigenvalue weighted by Crippen LogP contribution is -2.21. The highest BCUT2D eigenvalue weighted by atomic mass is 16.1. The van der Waals surface area contributed by atoms with Crippen LogP contribution in [0.3, 0.4) is 0 Å². The Bertz CT molecular complexity index is 2360. The molecule has 0 bridgehead atoms. The van der Waals surface area contributed by atoms with E-state index in [1.54, 1.807) is 4.57 Å². The molecule has 8 rings (SSSR count). The van der Waals surface area contributed by atoms with E-state index in [4.69, 9.17) is 4.98 Å². The molecule has 0 atom stereocenters. The van der Waals surface area contributed by atoms with Gasteiger partial charge in [0.2, 0.25) is 5.78 Å². The molecule has 5 nitrogen and oxygen atoms in total. The monoisotopic (exact) mass is 568 g/mol. The predicted octanol–water partition coefficient (Wildman–Crippen LogP) is 8.89. The van der Waals surface area contributed by atoms with Gasteiger partial charge in [0.25, 0.3) is 5.56 Å². The Balaban J connectivity index is 1.36. The largest absolute Gasteiger partial charge is 0.344 e. The molecule has 0 unspecified atom stereocenters. The molecule has 0 saturated heterocycles. The zero-order valence-electron chi connectivity index (χ0n) is 24.1. The van der Waals surface area contributed by atoms with Crippen LogP contribution >= 0.6 is 0 Å². The molecule has 2 heterocycles. The van der Waals surface area contributed by atoms with Crippen LogP contribution in [0.1, 0.15) is 0 Å². The van der Waals surface area contributed by atoms with Gasteiger partial charge in [-0.1, -0.05) is 91.0 Å². The average molecular weight is 569 g/mol. The fourth-order valence-corrected chi connectivity index (χ4v) is 6.15. The molecule has 0 amide bonds. The molecule has 2 aromatic heterocycles. The number of rotatable bonds is 5. The third kappa shape index (κ3) is 4.17. The zero-order valence-corrected chi connectivity index (χ0v) is 24.1. The van der Waals surface area contributed by atoms with E-state index in [-0.39, 0.29) is 5.56 Å². The summed E-state index contributed by atoms with van der Waals surface area (Å²) in [5, 5.41) is 0.647. The number of anilines is 2. The molecular formula is C39H28N4O. The van der Waals surface area contributed by atoms with Crippen LogP contribution in [0.15, 0.2) is 156 Å². The second kappa shape index (κ2) is 10.4. The number of hydrogen-bond donors (Lipinski definition) is 0. The number of para-hydroxylation sites is 3. The minimum Gasteiger partial charge on any atom is -0.344 e. The number of benzene rings is 6. The van der Waals surface area contributed by atoms with E-state index in [2.05, 4.69) is 101 Å². The summed E-state index contributed by atoms with van der Waals surface area (Å²) >= 11 is 0. The minimum absolute atomic E-state index is 0.0829. The second-order valence-corrected chi connectivity index (χ2v) is 10.9. The summed E-state index contributed by atoms with van der Waals surface area (Å²) in [5.41, 5.74) is 10.1. The Kier molecular flexibility index (Phi) is 6.09. The maximum absolute atomic E-state index is 13.8. The highest BCUT2D eigenvalue weighted by Crippen LogP contribution is 2.38. The van der Waals surface area contributed by atoms with Gasteiger partial charge in [0, 0.05) is 24.0 Å². The van der Waals surface area contributed by atoms with Crippen molar-refractivity contribution in [1.82, 2.24) is 14.0 Å². The van der Waals surface area contributed by atoms with Crippen molar-refractivity contribution in [2.45, 2.75) is 0 Å². The molecule has 44 heavy (non-hydrogen) atoms. The number of nitrogens with zero attached hydrogens (tertiary/aromatic N) is 4. The van der Waals surface area contributed by atoms with Crippen molar-refractivity contribution < 1.29 is 0 Å². The molecule has 0 N–H and O–H groups in total. The van der Waals surface area contributed by atoms with Crippen LogP contribution in [0.25, 0.3) is 55.7 Å². The molecule has 0 spiro atoms. The van der Waals surface area contributed by atoms with Crippen molar-refractivity contribution in [3.8, 4) is 27.9 Å². The first-order chi connectivity index (χ1) is 21.7. The molecule has 0 aliphatic rings. The summed E-state index contributed by atoms with van der Waals surface area (Å²) in [6, 6.07) is 51.4. The standard InChI is InChI=1S/C39H28N4O/c1-41(30-15-7-3-8-16-30)35-24-22-28(25-33(35)27-13-5-2-6-14-27)29-21-23-34-37(26-29)43-36-20-12-11-19-32(36)38(44)42(39(43)40-34)31-17-9-4-10-18-31/h2-26H,1H3. The first kappa shape index (κ1) is 25.7. The molecule has 0 radical (unpaired) electrons. The Labute approximate surface area is 254 Å². The minimum atomic E-state index is -0.0829. The third-order valence-electron chi connectivity index (χ3n) is 8.35. The topological polar surface area (TPSA) is 42.5 Å². The van der Waals surface area contributed by atoms with Crippen molar-refractivity contribution in [2.24, 2.45) is 0 Å². The van der Waals surface area contributed by atoms with Crippen molar-refractivity contribution in [3.05, 3.63) is 162 Å². The summed E-state index contributed by atoms with van der Waals surface area (Å²) in [5.74, 6) is 0.594. The van der Waals surface area contributed by atoms with Crippen LogP contribution in [0, 0.1) is 0 Å². The van der Waals surface area contributed by atoms with Gasteiger partial charge in [-0.2, -0.15) is 0 Å². The smallest absolute Gasteiger partial charge is 0.267 e. The SMILES string of the molecule is CN(c1ccccc1)c1ccc(-c2ccc3nc4n(-c5ccccc5)c(=O)c5ccccc5n4c3c2)cc1-c1ccccc1. The fourth-order valence-electron chi connectivity index (χ4n) is 6.15. The Hall–Kier alpha value is -5.94.